The molecular formula is C21H24N2O3S. The maximum absolute atomic E-state index is 12.4. The maximum atomic E-state index is 12.4. The van der Waals surface area contributed by atoms with Crippen LogP contribution in [-0.2, 0) is 4.79 Å². The quantitative estimate of drug-likeness (QED) is 0.715. The second-order valence-electron chi connectivity index (χ2n) is 6.80. The normalized spacial score (nSPS) is 14.3. The van der Waals surface area contributed by atoms with Gasteiger partial charge in [0.25, 0.3) is 0 Å². The van der Waals surface area contributed by atoms with Crippen LogP contribution in [0.4, 0.5) is 5.69 Å². The van der Waals surface area contributed by atoms with Gasteiger partial charge in [0.2, 0.25) is 5.91 Å². The minimum absolute atomic E-state index is 0.0446. The minimum atomic E-state index is 0.0446. The lowest BCUT2D eigenvalue weighted by Crippen LogP contribution is -2.48. The molecule has 1 aromatic heterocycles. The van der Waals surface area contributed by atoms with Crippen LogP contribution in [0.15, 0.2) is 36.4 Å². The van der Waals surface area contributed by atoms with E-state index in [1.165, 1.54) is 11.3 Å². The third-order valence-electron chi connectivity index (χ3n) is 4.85. The second-order valence-corrected chi connectivity index (χ2v) is 8.09. The van der Waals surface area contributed by atoms with Crippen LogP contribution in [0.1, 0.15) is 44.7 Å². The molecule has 5 nitrogen and oxygen atoms in total. The molecule has 0 aliphatic carbocycles. The number of nitrogens with zero attached hydrogens (tertiary/aromatic N) is 2. The minimum Gasteiger partial charge on any atom is -0.368 e. The van der Waals surface area contributed by atoms with Crippen molar-refractivity contribution in [2.24, 2.45) is 0 Å². The molecule has 0 saturated carbocycles. The zero-order chi connectivity index (χ0) is 19.4. The van der Waals surface area contributed by atoms with Crippen molar-refractivity contribution in [1.29, 1.82) is 0 Å². The summed E-state index contributed by atoms with van der Waals surface area (Å²) in [5.74, 6) is 0.151. The average Bonchev–Trinajstić information content (AvgIpc) is 3.12. The number of hydrogen-bond donors (Lipinski definition) is 0. The molecule has 6 heteroatoms. The molecule has 27 heavy (non-hydrogen) atoms. The van der Waals surface area contributed by atoms with Gasteiger partial charge < -0.3 is 9.80 Å². The van der Waals surface area contributed by atoms with Gasteiger partial charge >= 0.3 is 0 Å². The largest absolute Gasteiger partial charge is 0.368 e. The van der Waals surface area contributed by atoms with Crippen LogP contribution < -0.4 is 4.90 Å². The Hall–Kier alpha value is -2.47. The van der Waals surface area contributed by atoms with E-state index in [0.717, 1.165) is 28.5 Å². The molecule has 0 atom stereocenters. The summed E-state index contributed by atoms with van der Waals surface area (Å²) in [6, 6.07) is 11.4. The van der Waals surface area contributed by atoms with Crippen molar-refractivity contribution in [3.8, 4) is 0 Å². The first-order valence-corrected chi connectivity index (χ1v) is 9.99. The van der Waals surface area contributed by atoms with E-state index in [2.05, 4.69) is 4.90 Å². The number of carbonyl (C=O) groups excluding carboxylic acids is 3. The third-order valence-corrected chi connectivity index (χ3v) is 5.89. The molecule has 1 amide bonds. The number of thiophene rings is 1. The van der Waals surface area contributed by atoms with Crippen LogP contribution in [-0.4, -0.2) is 48.6 Å². The van der Waals surface area contributed by atoms with Gasteiger partial charge in [-0.3, -0.25) is 14.4 Å². The lowest BCUT2D eigenvalue weighted by molar-refractivity contribution is -0.131. The molecule has 2 heterocycles. The van der Waals surface area contributed by atoms with Gasteiger partial charge in [-0.2, -0.15) is 0 Å². The van der Waals surface area contributed by atoms with Crippen molar-refractivity contribution in [2.75, 3.05) is 31.1 Å². The number of ketones is 2. The van der Waals surface area contributed by atoms with E-state index in [1.54, 1.807) is 6.92 Å². The Morgan fingerprint density at radius 3 is 2.15 bits per heavy atom. The van der Waals surface area contributed by atoms with Crippen molar-refractivity contribution in [3.05, 3.63) is 51.7 Å². The van der Waals surface area contributed by atoms with E-state index in [4.69, 9.17) is 0 Å². The Bertz CT molecular complexity index is 833. The molecule has 0 radical (unpaired) electrons. The number of Topliss-reactive ketones (excluding diaryl/α,β-unsaturated/α-hetero) is 2. The summed E-state index contributed by atoms with van der Waals surface area (Å²) >= 11 is 1.48. The van der Waals surface area contributed by atoms with Crippen LogP contribution in [0.2, 0.25) is 0 Å². The zero-order valence-corrected chi connectivity index (χ0v) is 16.6. The third kappa shape index (κ3) is 4.83. The number of piperazine rings is 1. The Morgan fingerprint density at radius 1 is 0.926 bits per heavy atom. The number of benzene rings is 1. The summed E-state index contributed by atoms with van der Waals surface area (Å²) < 4.78 is 0. The van der Waals surface area contributed by atoms with Crippen molar-refractivity contribution in [1.82, 2.24) is 4.90 Å². The Balaban J connectivity index is 1.47. The van der Waals surface area contributed by atoms with Crippen LogP contribution in [0, 0.1) is 6.92 Å². The highest BCUT2D eigenvalue weighted by Gasteiger charge is 2.22. The fraction of sp³-hybridized carbons (Fsp3) is 0.381. The average molecular weight is 385 g/mol. The lowest BCUT2D eigenvalue weighted by Gasteiger charge is -2.36. The predicted octanol–water partition coefficient (Wildman–Crippen LogP) is 3.57. The Kier molecular flexibility index (Phi) is 6.06. The molecule has 142 valence electrons. The number of amides is 1. The number of carbonyl (C=O) groups is 3. The van der Waals surface area contributed by atoms with Crippen LogP contribution in [0.5, 0.6) is 0 Å². The molecule has 0 unspecified atom stereocenters. The number of anilines is 1. The van der Waals surface area contributed by atoms with E-state index in [9.17, 15) is 14.4 Å². The highest BCUT2D eigenvalue weighted by molar-refractivity contribution is 7.14. The van der Waals surface area contributed by atoms with Gasteiger partial charge in [-0.25, -0.2) is 0 Å². The standard InChI is InChI=1S/C21H24N2O3S/c1-15-3-9-20(27-15)19(25)8-10-21(26)23-13-11-22(12-14-23)18-6-4-17(5-7-18)16(2)24/h3-7,9H,8,10-14H2,1-2H3. The highest BCUT2D eigenvalue weighted by atomic mass is 32.1. The van der Waals surface area contributed by atoms with E-state index in [0.29, 0.717) is 18.7 Å². The molecule has 1 fully saturated rings. The zero-order valence-electron chi connectivity index (χ0n) is 15.7. The van der Waals surface area contributed by atoms with E-state index in [1.807, 2.05) is 48.2 Å². The van der Waals surface area contributed by atoms with Gasteiger partial charge in [-0.1, -0.05) is 0 Å². The van der Waals surface area contributed by atoms with Crippen molar-refractivity contribution >= 4 is 34.5 Å². The topological polar surface area (TPSA) is 57.7 Å². The number of hydrogen-bond acceptors (Lipinski definition) is 5. The van der Waals surface area contributed by atoms with E-state index in [-0.39, 0.29) is 30.3 Å². The summed E-state index contributed by atoms with van der Waals surface area (Å²) in [4.78, 5) is 41.9. The first-order chi connectivity index (χ1) is 12.9. The Labute approximate surface area is 163 Å². The monoisotopic (exact) mass is 384 g/mol. The van der Waals surface area contributed by atoms with E-state index >= 15 is 0 Å². The molecule has 0 bridgehead atoms. The van der Waals surface area contributed by atoms with Gasteiger partial charge in [0.1, 0.15) is 0 Å². The van der Waals surface area contributed by atoms with Crippen LogP contribution >= 0.6 is 11.3 Å². The smallest absolute Gasteiger partial charge is 0.223 e. The SMILES string of the molecule is CC(=O)c1ccc(N2CCN(C(=O)CCC(=O)c3ccc(C)s3)CC2)cc1. The van der Waals surface area contributed by atoms with E-state index < -0.39 is 0 Å². The molecule has 1 saturated heterocycles. The van der Waals surface area contributed by atoms with Gasteiger partial charge in [0.15, 0.2) is 11.6 Å². The summed E-state index contributed by atoms with van der Waals surface area (Å²) in [5, 5.41) is 0. The molecule has 0 N–H and O–H groups in total. The molecule has 2 aromatic rings. The molecule has 0 spiro atoms. The van der Waals surface area contributed by atoms with Crippen molar-refractivity contribution < 1.29 is 14.4 Å². The van der Waals surface area contributed by atoms with Gasteiger partial charge in [-0.05, 0) is 50.2 Å². The molecular weight excluding hydrogens is 360 g/mol. The van der Waals surface area contributed by atoms with Crippen LogP contribution in [0.3, 0.4) is 0 Å². The molecule has 1 aromatic carbocycles. The highest BCUT2D eigenvalue weighted by Crippen LogP contribution is 2.20. The summed E-state index contributed by atoms with van der Waals surface area (Å²) in [6.45, 7) is 6.34. The second kappa shape index (κ2) is 8.48. The maximum Gasteiger partial charge on any atom is 0.223 e. The fourth-order valence-corrected chi connectivity index (χ4v) is 4.04. The fourth-order valence-electron chi connectivity index (χ4n) is 3.21. The lowest BCUT2D eigenvalue weighted by atomic mass is 10.1. The molecule has 3 rings (SSSR count). The van der Waals surface area contributed by atoms with Gasteiger partial charge in [0.05, 0.1) is 4.88 Å². The number of rotatable bonds is 6. The first-order valence-electron chi connectivity index (χ1n) is 9.17. The summed E-state index contributed by atoms with van der Waals surface area (Å²) in [6.07, 6.45) is 0.536. The molecule has 1 aliphatic rings. The Morgan fingerprint density at radius 2 is 1.59 bits per heavy atom. The summed E-state index contributed by atoms with van der Waals surface area (Å²) in [7, 11) is 0. The van der Waals surface area contributed by atoms with Crippen molar-refractivity contribution in [2.45, 2.75) is 26.7 Å². The van der Waals surface area contributed by atoms with Gasteiger partial charge in [0, 0.05) is 55.1 Å². The van der Waals surface area contributed by atoms with Crippen LogP contribution in [0.25, 0.3) is 0 Å². The molecule has 1 aliphatic heterocycles. The first kappa shape index (κ1) is 19.3. The number of aryl methyl sites for hydroxylation is 1. The summed E-state index contributed by atoms with van der Waals surface area (Å²) in [5.41, 5.74) is 1.77. The van der Waals surface area contributed by atoms with Gasteiger partial charge in [-0.15, -0.1) is 11.3 Å². The van der Waals surface area contributed by atoms with Crippen molar-refractivity contribution in [3.63, 3.8) is 0 Å². The predicted molar refractivity (Wildman–Crippen MR) is 108 cm³/mol.